The van der Waals surface area contributed by atoms with E-state index < -0.39 is 11.5 Å². The fraction of sp³-hybridized carbons (Fsp3) is 0.290. The number of fused-ring (bicyclic) bond motifs is 1. The van der Waals surface area contributed by atoms with Crippen LogP contribution in [0.3, 0.4) is 0 Å². The molecule has 0 aliphatic carbocycles. The van der Waals surface area contributed by atoms with Crippen LogP contribution in [0.25, 0.3) is 22.2 Å². The summed E-state index contributed by atoms with van der Waals surface area (Å²) in [5.41, 5.74) is 2.54. The lowest BCUT2D eigenvalue weighted by Crippen LogP contribution is -2.56. The zero-order valence-electron chi connectivity index (χ0n) is 22.5. The van der Waals surface area contributed by atoms with Gasteiger partial charge in [0, 0.05) is 41.8 Å². The van der Waals surface area contributed by atoms with Gasteiger partial charge in [0.05, 0.1) is 0 Å². The predicted octanol–water partition coefficient (Wildman–Crippen LogP) is 5.31. The average Bonchev–Trinajstić information content (AvgIpc) is 2.90. The fourth-order valence-corrected chi connectivity index (χ4v) is 4.72. The summed E-state index contributed by atoms with van der Waals surface area (Å²) in [6, 6.07) is 13.2. The Morgan fingerprint density at radius 3 is 2.49 bits per heavy atom. The maximum Gasteiger partial charge on any atom is 0.265 e. The van der Waals surface area contributed by atoms with Crippen molar-refractivity contribution in [2.45, 2.75) is 33.7 Å². The van der Waals surface area contributed by atoms with Gasteiger partial charge < -0.3 is 10.2 Å². The van der Waals surface area contributed by atoms with Gasteiger partial charge in [-0.15, -0.1) is 0 Å². The molecule has 1 aliphatic rings. The first-order valence-corrected chi connectivity index (χ1v) is 13.3. The molecular weight excluding hydrogens is 512 g/mol. The first-order chi connectivity index (χ1) is 18.6. The van der Waals surface area contributed by atoms with Crippen molar-refractivity contribution in [2.24, 2.45) is 5.41 Å². The van der Waals surface area contributed by atoms with Crippen molar-refractivity contribution < 1.29 is 9.59 Å². The highest BCUT2D eigenvalue weighted by molar-refractivity contribution is 6.29. The summed E-state index contributed by atoms with van der Waals surface area (Å²) in [7, 11) is 0. The Morgan fingerprint density at radius 2 is 1.85 bits per heavy atom. The van der Waals surface area contributed by atoms with Crippen molar-refractivity contribution in [1.29, 1.82) is 0 Å². The van der Waals surface area contributed by atoms with E-state index in [1.165, 1.54) is 4.57 Å². The molecule has 0 spiro atoms. The largest absolute Gasteiger partial charge is 0.352 e. The highest BCUT2D eigenvalue weighted by Gasteiger charge is 2.37. The molecule has 2 amide bonds. The van der Waals surface area contributed by atoms with Crippen LogP contribution in [0.5, 0.6) is 0 Å². The summed E-state index contributed by atoms with van der Waals surface area (Å²) in [4.78, 5) is 46.1. The monoisotopic (exact) mass is 544 g/mol. The third-order valence-electron chi connectivity index (χ3n) is 6.65. The highest BCUT2D eigenvalue weighted by Crippen LogP contribution is 2.29. The van der Waals surface area contributed by atoms with Crippen LogP contribution in [0, 0.1) is 5.41 Å². The topological polar surface area (TPSA) is 84.3 Å². The zero-order valence-corrected chi connectivity index (χ0v) is 23.3. The third-order valence-corrected chi connectivity index (χ3v) is 6.78. The Bertz CT molecular complexity index is 1520. The van der Waals surface area contributed by atoms with Crippen LogP contribution in [0.2, 0.25) is 0 Å². The molecule has 1 fully saturated rings. The molecule has 1 N–H and O–H groups in total. The molecule has 4 rings (SSSR count). The number of nitrogens with one attached hydrogen (secondary N) is 1. The van der Waals surface area contributed by atoms with Crippen molar-refractivity contribution in [3.63, 3.8) is 0 Å². The molecule has 1 aromatic carbocycles. The van der Waals surface area contributed by atoms with E-state index >= 15 is 0 Å². The summed E-state index contributed by atoms with van der Waals surface area (Å²) < 4.78 is 1.32. The second-order valence-electron chi connectivity index (χ2n) is 10.6. The van der Waals surface area contributed by atoms with E-state index in [4.69, 9.17) is 11.6 Å². The number of halogens is 1. The molecule has 0 atom stereocenters. The van der Waals surface area contributed by atoms with Crippen LogP contribution in [-0.2, 0) is 11.3 Å². The minimum atomic E-state index is -0.548. The number of aromatic nitrogens is 2. The molecule has 3 aromatic rings. The van der Waals surface area contributed by atoms with Gasteiger partial charge in [-0.05, 0) is 48.1 Å². The smallest absolute Gasteiger partial charge is 0.265 e. The van der Waals surface area contributed by atoms with Gasteiger partial charge >= 0.3 is 0 Å². The van der Waals surface area contributed by atoms with E-state index in [1.54, 1.807) is 36.2 Å². The van der Waals surface area contributed by atoms with Gasteiger partial charge in [0.25, 0.3) is 11.5 Å². The van der Waals surface area contributed by atoms with Crippen LogP contribution in [0.15, 0.2) is 88.9 Å². The van der Waals surface area contributed by atoms with Gasteiger partial charge in [-0.3, -0.25) is 19.0 Å². The molecule has 3 heterocycles. The number of rotatable bonds is 9. The lowest BCUT2D eigenvalue weighted by molar-refractivity contribution is -0.142. The number of amides is 2. The molecule has 0 unspecified atom stereocenters. The number of carbonyl (C=O) groups is 2. The average molecular weight is 545 g/mol. The number of carbonyl (C=O) groups excluding carboxylic acids is 2. The number of nitrogens with zero attached hydrogens (tertiary/aromatic N) is 3. The zero-order chi connectivity index (χ0) is 28.2. The van der Waals surface area contributed by atoms with Crippen molar-refractivity contribution in [1.82, 2.24) is 19.8 Å². The number of likely N-dealkylation sites (tertiary alicyclic amines) is 1. The molecule has 1 aliphatic heterocycles. The number of pyridine rings is 2. The first kappa shape index (κ1) is 28.0. The SMILES string of the molecule is C=CC(=CC=C(C)Cl)CCNC(=O)c1cc2cc(-c3ccccc3)cnc2n(CC(=O)N2CC(C)(C)C2)c1=O. The summed E-state index contributed by atoms with van der Waals surface area (Å²) >= 11 is 5.90. The number of hydrogen-bond donors (Lipinski definition) is 1. The molecule has 202 valence electrons. The highest BCUT2D eigenvalue weighted by atomic mass is 35.5. The van der Waals surface area contributed by atoms with Crippen molar-refractivity contribution >= 4 is 34.4 Å². The van der Waals surface area contributed by atoms with Gasteiger partial charge in [0.15, 0.2) is 0 Å². The van der Waals surface area contributed by atoms with Gasteiger partial charge in [-0.25, -0.2) is 4.98 Å². The van der Waals surface area contributed by atoms with E-state index in [0.717, 1.165) is 16.7 Å². The Hall–Kier alpha value is -3.97. The predicted molar refractivity (Wildman–Crippen MR) is 157 cm³/mol. The van der Waals surface area contributed by atoms with Crippen LogP contribution in [-0.4, -0.2) is 45.9 Å². The molecule has 7 nitrogen and oxygen atoms in total. The van der Waals surface area contributed by atoms with Crippen molar-refractivity contribution in [3.05, 3.63) is 100.0 Å². The van der Waals surface area contributed by atoms with E-state index in [2.05, 4.69) is 30.7 Å². The summed E-state index contributed by atoms with van der Waals surface area (Å²) in [5.74, 6) is -0.682. The van der Waals surface area contributed by atoms with Crippen molar-refractivity contribution in [3.8, 4) is 11.1 Å². The van der Waals surface area contributed by atoms with Gasteiger partial charge in [0.1, 0.15) is 17.8 Å². The molecule has 0 bridgehead atoms. The van der Waals surface area contributed by atoms with Crippen molar-refractivity contribution in [2.75, 3.05) is 19.6 Å². The normalized spacial score (nSPS) is 15.1. The lowest BCUT2D eigenvalue weighted by Gasteiger charge is -2.45. The molecule has 39 heavy (non-hydrogen) atoms. The minimum absolute atomic E-state index is 0.0353. The lowest BCUT2D eigenvalue weighted by atomic mass is 9.84. The van der Waals surface area contributed by atoms with E-state index in [-0.39, 0.29) is 23.4 Å². The second kappa shape index (κ2) is 11.8. The number of benzene rings is 1. The van der Waals surface area contributed by atoms with Crippen LogP contribution < -0.4 is 10.9 Å². The second-order valence-corrected chi connectivity index (χ2v) is 11.2. The van der Waals surface area contributed by atoms with E-state index in [9.17, 15) is 14.4 Å². The maximum absolute atomic E-state index is 13.5. The Kier molecular flexibility index (Phi) is 8.51. The molecular formula is C31H33ClN4O3. The van der Waals surface area contributed by atoms with Crippen LogP contribution in [0.4, 0.5) is 0 Å². The molecule has 0 radical (unpaired) electrons. The minimum Gasteiger partial charge on any atom is -0.352 e. The van der Waals surface area contributed by atoms with Gasteiger partial charge in [-0.1, -0.05) is 74.5 Å². The Balaban J connectivity index is 1.67. The molecule has 1 saturated heterocycles. The Morgan fingerprint density at radius 1 is 1.13 bits per heavy atom. The summed E-state index contributed by atoms with van der Waals surface area (Å²) in [6.45, 7) is 11.1. The van der Waals surface area contributed by atoms with Crippen LogP contribution in [0.1, 0.15) is 37.6 Å². The first-order valence-electron chi connectivity index (χ1n) is 12.9. The standard InChI is InChI=1S/C31H33ClN4O3/c1-5-22(12-11-21(2)32)13-14-33-29(38)26-16-24-15-25(23-9-7-6-8-10-23)17-34-28(24)36(30(26)39)18-27(37)35-19-31(3,4)20-35/h5-12,15-17H,1,13-14,18-20H2,2-4H3,(H,33,38). The Labute approximate surface area is 233 Å². The molecule has 0 saturated carbocycles. The number of hydrogen-bond acceptors (Lipinski definition) is 4. The van der Waals surface area contributed by atoms with E-state index in [0.29, 0.717) is 42.1 Å². The fourth-order valence-electron chi connectivity index (χ4n) is 4.65. The summed E-state index contributed by atoms with van der Waals surface area (Å²) in [6.07, 6.45) is 7.50. The van der Waals surface area contributed by atoms with E-state index in [1.807, 2.05) is 42.5 Å². The van der Waals surface area contributed by atoms with Gasteiger partial charge in [-0.2, -0.15) is 0 Å². The summed E-state index contributed by atoms with van der Waals surface area (Å²) in [5, 5.41) is 4.07. The number of allylic oxidation sites excluding steroid dienone is 4. The van der Waals surface area contributed by atoms with Crippen LogP contribution >= 0.6 is 11.6 Å². The molecule has 8 heteroatoms. The maximum atomic E-state index is 13.5. The molecule has 2 aromatic heterocycles. The van der Waals surface area contributed by atoms with Gasteiger partial charge in [0.2, 0.25) is 5.91 Å². The third kappa shape index (κ3) is 6.73. The quantitative estimate of drug-likeness (QED) is 0.370.